The molecule has 3 atom stereocenters. The summed E-state index contributed by atoms with van der Waals surface area (Å²) in [5.74, 6) is 6.27. The van der Waals surface area contributed by atoms with E-state index in [1.165, 1.54) is 6.42 Å². The molecule has 5 aromatic carbocycles. The van der Waals surface area contributed by atoms with Crippen LogP contribution < -0.4 is 45.1 Å². The number of aromatic nitrogens is 7. The Morgan fingerprint density at radius 1 is 0.568 bits per heavy atom. The van der Waals surface area contributed by atoms with Gasteiger partial charge in [-0.3, -0.25) is 0 Å². The van der Waals surface area contributed by atoms with Crippen LogP contribution in [0.25, 0.3) is 43.7 Å². The van der Waals surface area contributed by atoms with Gasteiger partial charge in [0.1, 0.15) is 63.0 Å². The van der Waals surface area contributed by atoms with Gasteiger partial charge in [-0.2, -0.15) is 0 Å². The standard InChI is InChI=1S/C26H29N5O2.C14H15ClN2O.C12H15N3O3.C9H5Cl2N.C5H11NO/c1-17-11-21(13-23(33-3)18(17)2)30-14-25(27-16-30)28-24-12-19-7-4-5-9-22(19)26(29-24)31-10-6-8-20(31)15-32;15-13-8-10-4-1-2-6-12(10)14(16-13)17-7-3-5-11(17)9-18;1-16-9-4-8(15-6-11(13)14-7-15)5-10(17-2)12(9)18-3;10-8-5-6-3-1-2-4-7(6)9(11)12-8;7-4-5-2-1-3-6-5/h4-5,7,9,11-14,16,20,32H,6,8,10,15H2,1-3H3,(H,28,29);1-2,4,6,8,11,18H,3,5,7,9H2;4-7H,13H2,1-3H3;1-5H;5-7H,1-4H2/t20-;11-;;;5-/m00..0/s1. The van der Waals surface area contributed by atoms with Crippen LogP contribution in [0.15, 0.2) is 140 Å². The molecule has 0 radical (unpaired) electrons. The van der Waals surface area contributed by atoms with Gasteiger partial charge in [-0.25, -0.2) is 24.9 Å². The molecule has 88 heavy (non-hydrogen) atoms. The van der Waals surface area contributed by atoms with Gasteiger partial charge in [0, 0.05) is 53.5 Å². The third kappa shape index (κ3) is 15.6. The summed E-state index contributed by atoms with van der Waals surface area (Å²) in [5.41, 5.74) is 9.71. The number of nitrogens with one attached hydrogen (secondary N) is 2. The van der Waals surface area contributed by atoms with Crippen molar-refractivity contribution in [3.05, 3.63) is 167 Å². The van der Waals surface area contributed by atoms with Gasteiger partial charge < -0.3 is 69.6 Å². The van der Waals surface area contributed by atoms with Crippen molar-refractivity contribution in [3.8, 4) is 34.4 Å². The number of fused-ring (bicyclic) bond motifs is 3. The molecule has 0 unspecified atom stereocenters. The second-order valence-corrected chi connectivity index (χ2v) is 22.4. The number of nitrogens with two attached hydrogens (primary N) is 1. The third-order valence-corrected chi connectivity index (χ3v) is 16.4. The Kier molecular flexibility index (Phi) is 22.4. The number of rotatable bonds is 13. The number of halogens is 3. The van der Waals surface area contributed by atoms with Crippen molar-refractivity contribution in [1.29, 1.82) is 0 Å². The molecule has 3 saturated heterocycles. The Bertz CT molecular complexity index is 3910. The van der Waals surface area contributed by atoms with Crippen molar-refractivity contribution in [2.75, 3.05) is 88.7 Å². The highest BCUT2D eigenvalue weighted by molar-refractivity contribution is 6.36. The Balaban J connectivity index is 0.000000143. The minimum atomic E-state index is 0.107. The normalized spacial score (nSPS) is 16.0. The Morgan fingerprint density at radius 3 is 1.62 bits per heavy atom. The molecule has 3 aliphatic rings. The molecular formula is C66H75Cl3N12O7. The zero-order valence-electron chi connectivity index (χ0n) is 50.2. The number of aliphatic hydroxyl groups is 3. The lowest BCUT2D eigenvalue weighted by Gasteiger charge is -2.26. The van der Waals surface area contributed by atoms with E-state index in [-0.39, 0.29) is 25.3 Å². The number of benzene rings is 5. The summed E-state index contributed by atoms with van der Waals surface area (Å²) in [6.07, 6.45) is 13.6. The zero-order chi connectivity index (χ0) is 62.3. The van der Waals surface area contributed by atoms with Crippen molar-refractivity contribution < 1.29 is 34.3 Å². The van der Waals surface area contributed by atoms with Crippen molar-refractivity contribution in [3.63, 3.8) is 0 Å². The van der Waals surface area contributed by atoms with Crippen LogP contribution in [0.3, 0.4) is 0 Å². The van der Waals surface area contributed by atoms with E-state index >= 15 is 0 Å². The van der Waals surface area contributed by atoms with E-state index in [9.17, 15) is 10.2 Å². The van der Waals surface area contributed by atoms with Gasteiger partial charge in [-0.15, -0.1) is 0 Å². The van der Waals surface area contributed by atoms with Gasteiger partial charge in [-0.1, -0.05) is 108 Å². The zero-order valence-corrected chi connectivity index (χ0v) is 52.5. The fraction of sp³-hybridized carbons (Fsp3) is 0.318. The molecule has 13 rings (SSSR count). The second-order valence-electron chi connectivity index (χ2n) is 21.3. The first kappa shape index (κ1) is 64.3. The summed E-state index contributed by atoms with van der Waals surface area (Å²) in [4.78, 5) is 26.3. The van der Waals surface area contributed by atoms with E-state index in [0.717, 1.165) is 130 Å². The SMILES string of the molecule is COc1cc(-n2cnc(N)c2)cc(OC)c1OC.COc1cc(-n2cnc(Nc3cc4ccccc4c(N4CCC[C@H]4CO)n3)c2)cc(C)c1C.Clc1cc2ccccc2c(Cl)n1.OC[C@@H]1CCCN1.OC[C@@H]1CCCN1c1nc(Cl)cc2ccccc12. The van der Waals surface area contributed by atoms with Crippen molar-refractivity contribution >= 4 is 96.2 Å². The highest BCUT2D eigenvalue weighted by Crippen LogP contribution is 2.40. The molecule has 10 aromatic rings. The molecule has 3 fully saturated rings. The minimum Gasteiger partial charge on any atom is -0.496 e. The van der Waals surface area contributed by atoms with E-state index in [2.05, 4.69) is 78.5 Å². The molecule has 0 saturated carbocycles. The lowest BCUT2D eigenvalue weighted by Crippen LogP contribution is -2.33. The Labute approximate surface area is 527 Å². The molecule has 19 nitrogen and oxygen atoms in total. The molecule has 22 heteroatoms. The van der Waals surface area contributed by atoms with Gasteiger partial charge in [0.25, 0.3) is 0 Å². The molecule has 0 aliphatic carbocycles. The summed E-state index contributed by atoms with van der Waals surface area (Å²) in [7, 11) is 6.40. The summed E-state index contributed by atoms with van der Waals surface area (Å²) in [5, 5.41) is 42.1. The summed E-state index contributed by atoms with van der Waals surface area (Å²) < 4.78 is 25.1. The van der Waals surface area contributed by atoms with Crippen LogP contribution in [-0.4, -0.2) is 135 Å². The van der Waals surface area contributed by atoms with Gasteiger partial charge in [0.05, 0.1) is 84.1 Å². The third-order valence-electron chi connectivity index (χ3n) is 15.7. The second kappa shape index (κ2) is 30.7. The van der Waals surface area contributed by atoms with E-state index < -0.39 is 0 Å². The fourth-order valence-corrected chi connectivity index (χ4v) is 11.7. The van der Waals surface area contributed by atoms with Crippen LogP contribution in [0, 0.1) is 13.8 Å². The Morgan fingerprint density at radius 2 is 1.09 bits per heavy atom. The minimum absolute atomic E-state index is 0.107. The number of nitrogen functional groups attached to an aromatic ring is 1. The van der Waals surface area contributed by atoms with Gasteiger partial charge in [0.15, 0.2) is 11.5 Å². The van der Waals surface area contributed by atoms with E-state index in [1.54, 1.807) is 57.9 Å². The van der Waals surface area contributed by atoms with Crippen LogP contribution in [0.5, 0.6) is 23.0 Å². The Hall–Kier alpha value is -8.14. The lowest BCUT2D eigenvalue weighted by molar-refractivity contribution is 0.255. The number of anilines is 5. The molecular weight excluding hydrogens is 1180 g/mol. The molecule has 0 spiro atoms. The molecule has 7 N–H and O–H groups in total. The number of nitrogens with zero attached hydrogens (tertiary/aromatic N) is 9. The van der Waals surface area contributed by atoms with Crippen molar-refractivity contribution in [2.45, 2.75) is 70.5 Å². The summed E-state index contributed by atoms with van der Waals surface area (Å²) in [6, 6.07) is 38.3. The molecule has 8 heterocycles. The number of ether oxygens (including phenoxy) is 4. The number of aliphatic hydroxyl groups excluding tert-OH is 3. The van der Waals surface area contributed by atoms with Gasteiger partial charge >= 0.3 is 0 Å². The van der Waals surface area contributed by atoms with Crippen LogP contribution in [0.4, 0.5) is 29.1 Å². The van der Waals surface area contributed by atoms with Gasteiger partial charge in [0.2, 0.25) is 5.75 Å². The van der Waals surface area contributed by atoms with E-state index in [4.69, 9.17) is 69.6 Å². The lowest BCUT2D eigenvalue weighted by atomic mass is 10.1. The predicted octanol–water partition coefficient (Wildman–Crippen LogP) is 12.4. The summed E-state index contributed by atoms with van der Waals surface area (Å²) >= 11 is 17.7. The topological polar surface area (TPSA) is 228 Å². The fourth-order valence-electron chi connectivity index (χ4n) is 11.0. The van der Waals surface area contributed by atoms with Gasteiger partial charge in [-0.05, 0) is 110 Å². The van der Waals surface area contributed by atoms with Crippen molar-refractivity contribution in [1.82, 2.24) is 39.4 Å². The summed E-state index contributed by atoms with van der Waals surface area (Å²) in [6.45, 7) is 7.67. The van der Waals surface area contributed by atoms with Crippen LogP contribution >= 0.6 is 34.8 Å². The quantitative estimate of drug-likeness (QED) is 0.0590. The number of pyridine rings is 3. The first-order valence-electron chi connectivity index (χ1n) is 29.1. The predicted molar refractivity (Wildman–Crippen MR) is 354 cm³/mol. The van der Waals surface area contributed by atoms with E-state index in [0.29, 0.717) is 57.0 Å². The number of aryl methyl sites for hydroxylation is 1. The first-order valence-corrected chi connectivity index (χ1v) is 30.2. The monoisotopic (exact) mass is 1250 g/mol. The van der Waals surface area contributed by atoms with Crippen LogP contribution in [0.2, 0.25) is 15.5 Å². The smallest absolute Gasteiger partial charge is 0.203 e. The number of hydrogen-bond acceptors (Lipinski definition) is 17. The van der Waals surface area contributed by atoms with Crippen LogP contribution in [-0.2, 0) is 0 Å². The molecule has 462 valence electrons. The average Bonchev–Trinajstić information content (AvgIpc) is 2.96. The molecule has 0 amide bonds. The van der Waals surface area contributed by atoms with E-state index in [1.807, 2.05) is 95.7 Å². The average molecular weight is 1250 g/mol. The maximum absolute atomic E-state index is 9.85. The van der Waals surface area contributed by atoms with Crippen molar-refractivity contribution in [2.24, 2.45) is 0 Å². The molecule has 5 aromatic heterocycles. The largest absolute Gasteiger partial charge is 0.496 e. The maximum Gasteiger partial charge on any atom is 0.203 e. The highest BCUT2D eigenvalue weighted by Gasteiger charge is 2.28. The van der Waals surface area contributed by atoms with Crippen LogP contribution in [0.1, 0.15) is 49.7 Å². The maximum atomic E-state index is 9.85. The molecule has 3 aliphatic heterocycles. The number of methoxy groups -OCH3 is 4. The first-order chi connectivity index (χ1) is 42.8. The number of imidazole rings is 2. The highest BCUT2D eigenvalue weighted by atomic mass is 35.5. The molecule has 0 bridgehead atoms. The number of hydrogen-bond donors (Lipinski definition) is 6.